The van der Waals surface area contributed by atoms with Crippen molar-refractivity contribution >= 4 is 0 Å². The summed E-state index contributed by atoms with van der Waals surface area (Å²) in [5.74, 6) is 1.44. The van der Waals surface area contributed by atoms with E-state index in [0.717, 1.165) is 22.4 Å². The van der Waals surface area contributed by atoms with Gasteiger partial charge in [-0.25, -0.2) is 0 Å². The van der Waals surface area contributed by atoms with Crippen LogP contribution in [0.3, 0.4) is 0 Å². The van der Waals surface area contributed by atoms with Crippen LogP contribution in [0, 0.1) is 13.8 Å². The van der Waals surface area contributed by atoms with Gasteiger partial charge in [-0.1, -0.05) is 0 Å². The molecule has 0 unspecified atom stereocenters. The number of hydrogen-bond donors (Lipinski definition) is 1. The van der Waals surface area contributed by atoms with Crippen molar-refractivity contribution in [2.45, 2.75) is 20.5 Å². The molecule has 1 heterocycles. The zero-order valence-corrected chi connectivity index (χ0v) is 7.76. The Bertz CT molecular complexity index is 345. The Hall–Kier alpha value is -1.22. The van der Waals surface area contributed by atoms with Crippen LogP contribution in [0.1, 0.15) is 16.7 Å². The van der Waals surface area contributed by atoms with Gasteiger partial charge in [-0.05, 0) is 31.0 Å². The van der Waals surface area contributed by atoms with Crippen LogP contribution < -0.4 is 9.47 Å². The summed E-state index contributed by atoms with van der Waals surface area (Å²) in [6.45, 7) is 4.23. The Morgan fingerprint density at radius 1 is 1.38 bits per heavy atom. The number of aliphatic hydroxyl groups is 1. The topological polar surface area (TPSA) is 38.7 Å². The molecule has 13 heavy (non-hydrogen) atoms. The smallest absolute Gasteiger partial charge is 0.231 e. The molecule has 0 spiro atoms. The van der Waals surface area contributed by atoms with Crippen LogP contribution in [0.15, 0.2) is 6.07 Å². The SMILES string of the molecule is Cc1cc2c(c(CO)c1C)OCO2. The van der Waals surface area contributed by atoms with E-state index in [2.05, 4.69) is 0 Å². The lowest BCUT2D eigenvalue weighted by molar-refractivity contribution is 0.171. The fourth-order valence-electron chi connectivity index (χ4n) is 1.54. The number of aliphatic hydroxyl groups excluding tert-OH is 1. The van der Waals surface area contributed by atoms with Gasteiger partial charge in [-0.15, -0.1) is 0 Å². The minimum Gasteiger partial charge on any atom is -0.454 e. The molecule has 1 aliphatic heterocycles. The maximum atomic E-state index is 9.17. The Kier molecular flexibility index (Phi) is 1.88. The summed E-state index contributed by atoms with van der Waals surface area (Å²) in [6.07, 6.45) is 0. The van der Waals surface area contributed by atoms with Crippen molar-refractivity contribution < 1.29 is 14.6 Å². The average molecular weight is 180 g/mol. The molecule has 0 saturated carbocycles. The molecule has 3 heteroatoms. The Balaban J connectivity index is 2.64. The first kappa shape index (κ1) is 8.38. The summed E-state index contributed by atoms with van der Waals surface area (Å²) in [4.78, 5) is 0. The molecule has 0 aromatic heterocycles. The minimum atomic E-state index is -0.000787. The first-order chi connectivity index (χ1) is 6.24. The minimum absolute atomic E-state index is 0.000787. The maximum Gasteiger partial charge on any atom is 0.231 e. The van der Waals surface area contributed by atoms with E-state index < -0.39 is 0 Å². The quantitative estimate of drug-likeness (QED) is 0.712. The lowest BCUT2D eigenvalue weighted by Gasteiger charge is -2.09. The van der Waals surface area contributed by atoms with Crippen LogP contribution >= 0.6 is 0 Å². The second-order valence-corrected chi connectivity index (χ2v) is 3.19. The molecule has 0 amide bonds. The first-order valence-electron chi connectivity index (χ1n) is 4.23. The number of fused-ring (bicyclic) bond motifs is 1. The fraction of sp³-hybridized carbons (Fsp3) is 0.400. The first-order valence-corrected chi connectivity index (χ1v) is 4.23. The van der Waals surface area contributed by atoms with Gasteiger partial charge in [0.05, 0.1) is 6.61 Å². The molecule has 0 fully saturated rings. The van der Waals surface area contributed by atoms with E-state index in [9.17, 15) is 5.11 Å². The molecule has 2 rings (SSSR count). The maximum absolute atomic E-state index is 9.17. The predicted octanol–water partition coefficient (Wildman–Crippen LogP) is 1.52. The van der Waals surface area contributed by atoms with E-state index in [0.29, 0.717) is 5.75 Å². The zero-order valence-electron chi connectivity index (χ0n) is 7.76. The number of hydrogen-bond acceptors (Lipinski definition) is 3. The van der Waals surface area contributed by atoms with E-state index in [1.807, 2.05) is 19.9 Å². The fourth-order valence-corrected chi connectivity index (χ4v) is 1.54. The molecular weight excluding hydrogens is 168 g/mol. The molecule has 1 aromatic carbocycles. The molecule has 0 aliphatic carbocycles. The van der Waals surface area contributed by atoms with Crippen molar-refractivity contribution in [3.05, 3.63) is 22.8 Å². The van der Waals surface area contributed by atoms with Gasteiger partial charge >= 0.3 is 0 Å². The molecule has 0 saturated heterocycles. The number of ether oxygens (including phenoxy) is 2. The van der Waals surface area contributed by atoms with Crippen LogP contribution in [-0.4, -0.2) is 11.9 Å². The highest BCUT2D eigenvalue weighted by molar-refractivity contribution is 5.54. The van der Waals surface area contributed by atoms with Crippen LogP contribution in [0.25, 0.3) is 0 Å². The highest BCUT2D eigenvalue weighted by Crippen LogP contribution is 2.38. The number of rotatable bonds is 1. The van der Waals surface area contributed by atoms with Crippen LogP contribution in [0.4, 0.5) is 0 Å². The molecule has 1 aliphatic rings. The van der Waals surface area contributed by atoms with Crippen molar-refractivity contribution in [2.24, 2.45) is 0 Å². The van der Waals surface area contributed by atoms with Crippen LogP contribution in [0.2, 0.25) is 0 Å². The predicted molar refractivity (Wildman–Crippen MR) is 48.0 cm³/mol. The summed E-state index contributed by atoms with van der Waals surface area (Å²) in [5.41, 5.74) is 3.03. The molecular formula is C10H12O3. The van der Waals surface area contributed by atoms with E-state index in [1.54, 1.807) is 0 Å². The second kappa shape index (κ2) is 2.92. The largest absolute Gasteiger partial charge is 0.454 e. The molecule has 0 bridgehead atoms. The van der Waals surface area contributed by atoms with Gasteiger partial charge in [0.1, 0.15) is 0 Å². The molecule has 3 nitrogen and oxygen atoms in total. The van der Waals surface area contributed by atoms with Crippen LogP contribution in [-0.2, 0) is 6.61 Å². The summed E-state index contributed by atoms with van der Waals surface area (Å²) in [6, 6.07) is 1.94. The third-order valence-corrected chi connectivity index (χ3v) is 2.47. The molecule has 0 atom stereocenters. The van der Waals surface area contributed by atoms with Gasteiger partial charge in [-0.3, -0.25) is 0 Å². The lowest BCUT2D eigenvalue weighted by Crippen LogP contribution is -1.96. The van der Waals surface area contributed by atoms with E-state index >= 15 is 0 Å². The van der Waals surface area contributed by atoms with Gasteiger partial charge in [0, 0.05) is 5.56 Å². The van der Waals surface area contributed by atoms with Gasteiger partial charge < -0.3 is 14.6 Å². The third-order valence-electron chi connectivity index (χ3n) is 2.47. The van der Waals surface area contributed by atoms with Crippen molar-refractivity contribution in [1.82, 2.24) is 0 Å². The highest BCUT2D eigenvalue weighted by Gasteiger charge is 2.20. The summed E-state index contributed by atoms with van der Waals surface area (Å²) in [5, 5.41) is 9.17. The van der Waals surface area contributed by atoms with Gasteiger partial charge in [0.2, 0.25) is 6.79 Å². The zero-order chi connectivity index (χ0) is 9.42. The summed E-state index contributed by atoms with van der Waals surface area (Å²) >= 11 is 0. The Morgan fingerprint density at radius 3 is 2.85 bits per heavy atom. The lowest BCUT2D eigenvalue weighted by atomic mass is 10.0. The molecule has 1 aromatic rings. The van der Waals surface area contributed by atoms with Gasteiger partial charge in [-0.2, -0.15) is 0 Å². The highest BCUT2D eigenvalue weighted by atomic mass is 16.7. The normalized spacial score (nSPS) is 13.5. The van der Waals surface area contributed by atoms with Crippen molar-refractivity contribution in [3.63, 3.8) is 0 Å². The Labute approximate surface area is 76.9 Å². The third kappa shape index (κ3) is 1.16. The van der Waals surface area contributed by atoms with Gasteiger partial charge in [0.25, 0.3) is 0 Å². The van der Waals surface area contributed by atoms with Crippen LogP contribution in [0.5, 0.6) is 11.5 Å². The standard InChI is InChI=1S/C10H12O3/c1-6-3-9-10(13-5-12-9)8(4-11)7(6)2/h3,11H,4-5H2,1-2H3. The van der Waals surface area contributed by atoms with E-state index in [-0.39, 0.29) is 13.4 Å². The Morgan fingerprint density at radius 2 is 2.15 bits per heavy atom. The van der Waals surface area contributed by atoms with Crippen molar-refractivity contribution in [1.29, 1.82) is 0 Å². The van der Waals surface area contributed by atoms with Crippen molar-refractivity contribution in [3.8, 4) is 11.5 Å². The van der Waals surface area contributed by atoms with E-state index in [4.69, 9.17) is 9.47 Å². The monoisotopic (exact) mass is 180 g/mol. The molecule has 0 radical (unpaired) electrons. The average Bonchev–Trinajstić information content (AvgIpc) is 2.54. The van der Waals surface area contributed by atoms with E-state index in [1.165, 1.54) is 0 Å². The van der Waals surface area contributed by atoms with Crippen molar-refractivity contribution in [2.75, 3.05) is 6.79 Å². The summed E-state index contributed by atoms with van der Waals surface area (Å²) in [7, 11) is 0. The molecule has 70 valence electrons. The molecule has 1 N–H and O–H groups in total. The van der Waals surface area contributed by atoms with Gasteiger partial charge in [0.15, 0.2) is 11.5 Å². The number of benzene rings is 1. The summed E-state index contributed by atoms with van der Waals surface area (Å²) < 4.78 is 10.5. The second-order valence-electron chi connectivity index (χ2n) is 3.19. The number of aryl methyl sites for hydroxylation is 1.